The van der Waals surface area contributed by atoms with Crippen molar-refractivity contribution < 1.29 is 14.6 Å². The number of rotatable bonds is 4. The number of aliphatic hydroxyl groups is 1. The number of nitrogens with one attached hydrogen (secondary N) is 1. The van der Waals surface area contributed by atoms with Gasteiger partial charge in [0.15, 0.2) is 0 Å². The van der Waals surface area contributed by atoms with E-state index in [1.807, 2.05) is 12.1 Å². The van der Waals surface area contributed by atoms with Gasteiger partial charge in [0.1, 0.15) is 17.6 Å². The lowest BCUT2D eigenvalue weighted by Gasteiger charge is -2.09. The van der Waals surface area contributed by atoms with E-state index in [0.29, 0.717) is 22.2 Å². The monoisotopic (exact) mass is 291 g/mol. The Bertz CT molecular complexity index is 596. The lowest BCUT2D eigenvalue weighted by molar-refractivity contribution is -0.123. The van der Waals surface area contributed by atoms with Crippen molar-refractivity contribution in [1.29, 1.82) is 0 Å². The molecule has 0 aliphatic heterocycles. The summed E-state index contributed by atoms with van der Waals surface area (Å²) in [6, 6.07) is 14.0. The molecule has 0 spiro atoms. The van der Waals surface area contributed by atoms with Gasteiger partial charge in [-0.3, -0.25) is 4.79 Å². The minimum Gasteiger partial charge on any atom is -0.456 e. The predicted molar refractivity (Wildman–Crippen MR) is 78.3 cm³/mol. The van der Waals surface area contributed by atoms with Gasteiger partial charge in [0.25, 0.3) is 5.91 Å². The molecule has 0 bridgehead atoms. The lowest BCUT2D eigenvalue weighted by Crippen LogP contribution is -2.24. The van der Waals surface area contributed by atoms with Crippen LogP contribution in [0, 0.1) is 0 Å². The van der Waals surface area contributed by atoms with Crippen molar-refractivity contribution in [3.8, 4) is 11.5 Å². The summed E-state index contributed by atoms with van der Waals surface area (Å²) in [7, 11) is 0. The highest BCUT2D eigenvalue weighted by Gasteiger charge is 2.08. The minimum absolute atomic E-state index is 0.454. The SMILES string of the molecule is CC(O)C(=O)Nc1ccc(Oc2ccccc2Cl)cc1. The molecule has 0 heterocycles. The fraction of sp³-hybridized carbons (Fsp3) is 0.133. The van der Waals surface area contributed by atoms with E-state index in [9.17, 15) is 4.79 Å². The van der Waals surface area contributed by atoms with Crippen LogP contribution in [0.4, 0.5) is 5.69 Å². The lowest BCUT2D eigenvalue weighted by atomic mass is 10.2. The molecule has 2 aromatic rings. The van der Waals surface area contributed by atoms with Crippen molar-refractivity contribution in [2.24, 2.45) is 0 Å². The zero-order chi connectivity index (χ0) is 14.5. The normalized spacial score (nSPS) is 11.8. The second-order valence-corrected chi connectivity index (χ2v) is 4.63. The minimum atomic E-state index is -1.05. The van der Waals surface area contributed by atoms with Crippen molar-refractivity contribution in [3.05, 3.63) is 53.6 Å². The average molecular weight is 292 g/mol. The maximum absolute atomic E-state index is 11.3. The molecule has 0 radical (unpaired) electrons. The van der Waals surface area contributed by atoms with Crippen LogP contribution in [0.1, 0.15) is 6.92 Å². The van der Waals surface area contributed by atoms with Gasteiger partial charge in [0.05, 0.1) is 5.02 Å². The topological polar surface area (TPSA) is 58.6 Å². The molecular weight excluding hydrogens is 278 g/mol. The van der Waals surface area contributed by atoms with Crippen LogP contribution in [0.15, 0.2) is 48.5 Å². The van der Waals surface area contributed by atoms with Crippen molar-refractivity contribution in [1.82, 2.24) is 0 Å². The number of carbonyl (C=O) groups excluding carboxylic acids is 1. The first-order valence-electron chi connectivity index (χ1n) is 6.07. The summed E-state index contributed by atoms with van der Waals surface area (Å²) in [6.45, 7) is 1.41. The highest BCUT2D eigenvalue weighted by molar-refractivity contribution is 6.32. The molecule has 1 amide bonds. The molecule has 0 fully saturated rings. The Morgan fingerprint density at radius 1 is 1.20 bits per heavy atom. The van der Waals surface area contributed by atoms with E-state index in [1.54, 1.807) is 36.4 Å². The molecule has 20 heavy (non-hydrogen) atoms. The second kappa shape index (κ2) is 6.41. The number of ether oxygens (including phenoxy) is 1. The van der Waals surface area contributed by atoms with Gasteiger partial charge in [-0.05, 0) is 43.3 Å². The average Bonchev–Trinajstić information content (AvgIpc) is 2.43. The fourth-order valence-electron chi connectivity index (χ4n) is 1.51. The molecule has 2 rings (SSSR count). The van der Waals surface area contributed by atoms with Crippen LogP contribution in [-0.4, -0.2) is 17.1 Å². The molecule has 104 valence electrons. The summed E-state index contributed by atoms with van der Waals surface area (Å²) >= 11 is 6.00. The third-order valence-corrected chi connectivity index (χ3v) is 2.88. The number of anilines is 1. The van der Waals surface area contributed by atoms with Gasteiger partial charge in [0.2, 0.25) is 0 Å². The zero-order valence-corrected chi connectivity index (χ0v) is 11.6. The van der Waals surface area contributed by atoms with E-state index in [1.165, 1.54) is 6.92 Å². The number of benzene rings is 2. The zero-order valence-electron chi connectivity index (χ0n) is 10.8. The Hall–Kier alpha value is -2.04. The van der Waals surface area contributed by atoms with Crippen molar-refractivity contribution >= 4 is 23.2 Å². The first-order valence-corrected chi connectivity index (χ1v) is 6.45. The number of aliphatic hydroxyl groups excluding tert-OH is 1. The summed E-state index contributed by atoms with van der Waals surface area (Å²) in [5.74, 6) is 0.716. The molecule has 2 N–H and O–H groups in total. The van der Waals surface area contributed by atoms with Crippen molar-refractivity contribution in [2.75, 3.05) is 5.32 Å². The smallest absolute Gasteiger partial charge is 0.252 e. The van der Waals surface area contributed by atoms with Gasteiger partial charge in [0, 0.05) is 5.69 Å². The molecule has 0 aliphatic rings. The van der Waals surface area contributed by atoms with E-state index in [2.05, 4.69) is 5.32 Å². The third-order valence-electron chi connectivity index (χ3n) is 2.57. The van der Waals surface area contributed by atoms with Crippen molar-refractivity contribution in [2.45, 2.75) is 13.0 Å². The summed E-state index contributed by atoms with van der Waals surface area (Å²) in [4.78, 5) is 11.3. The van der Waals surface area contributed by atoms with Gasteiger partial charge in [-0.2, -0.15) is 0 Å². The first kappa shape index (κ1) is 14.4. The Morgan fingerprint density at radius 3 is 2.45 bits per heavy atom. The Labute approximate surface area is 122 Å². The van der Waals surface area contributed by atoms with Gasteiger partial charge < -0.3 is 15.2 Å². The summed E-state index contributed by atoms with van der Waals surface area (Å²) in [6.07, 6.45) is -1.05. The Balaban J connectivity index is 2.05. The predicted octanol–water partition coefficient (Wildman–Crippen LogP) is 3.45. The number of carbonyl (C=O) groups is 1. The molecule has 4 nitrogen and oxygen atoms in total. The molecule has 0 aliphatic carbocycles. The van der Waals surface area contributed by atoms with E-state index in [4.69, 9.17) is 21.4 Å². The highest BCUT2D eigenvalue weighted by atomic mass is 35.5. The van der Waals surface area contributed by atoms with Gasteiger partial charge in [-0.25, -0.2) is 0 Å². The second-order valence-electron chi connectivity index (χ2n) is 4.22. The van der Waals surface area contributed by atoms with Crippen LogP contribution < -0.4 is 10.1 Å². The summed E-state index contributed by atoms with van der Waals surface area (Å²) in [5, 5.41) is 12.2. The van der Waals surface area contributed by atoms with Crippen LogP contribution in [-0.2, 0) is 4.79 Å². The van der Waals surface area contributed by atoms with E-state index >= 15 is 0 Å². The van der Waals surface area contributed by atoms with Crippen LogP contribution in [0.25, 0.3) is 0 Å². The Kier molecular flexibility index (Phi) is 4.61. The number of hydrogen-bond acceptors (Lipinski definition) is 3. The maximum Gasteiger partial charge on any atom is 0.252 e. The highest BCUT2D eigenvalue weighted by Crippen LogP contribution is 2.29. The van der Waals surface area contributed by atoms with Gasteiger partial charge >= 0.3 is 0 Å². The van der Waals surface area contributed by atoms with Crippen LogP contribution in [0.3, 0.4) is 0 Å². The van der Waals surface area contributed by atoms with E-state index < -0.39 is 12.0 Å². The molecule has 1 atom stereocenters. The van der Waals surface area contributed by atoms with E-state index in [-0.39, 0.29) is 0 Å². The van der Waals surface area contributed by atoms with Crippen molar-refractivity contribution in [3.63, 3.8) is 0 Å². The molecule has 2 aromatic carbocycles. The maximum atomic E-state index is 11.3. The Morgan fingerprint density at radius 2 is 1.85 bits per heavy atom. The molecule has 1 unspecified atom stereocenters. The number of amides is 1. The molecule has 0 saturated heterocycles. The molecular formula is C15H14ClNO3. The van der Waals surface area contributed by atoms with E-state index in [0.717, 1.165) is 0 Å². The molecule has 0 aromatic heterocycles. The van der Waals surface area contributed by atoms with Crippen LogP contribution >= 0.6 is 11.6 Å². The summed E-state index contributed by atoms with van der Waals surface area (Å²) in [5.41, 5.74) is 0.586. The first-order chi connectivity index (χ1) is 9.56. The third kappa shape index (κ3) is 3.73. The van der Waals surface area contributed by atoms with Gasteiger partial charge in [-0.15, -0.1) is 0 Å². The molecule has 5 heteroatoms. The standard InChI is InChI=1S/C15H14ClNO3/c1-10(18)15(19)17-11-6-8-12(9-7-11)20-14-5-3-2-4-13(14)16/h2-10,18H,1H3,(H,17,19). The fourth-order valence-corrected chi connectivity index (χ4v) is 1.68. The number of hydrogen-bond donors (Lipinski definition) is 2. The molecule has 0 saturated carbocycles. The van der Waals surface area contributed by atoms with Crippen LogP contribution in [0.5, 0.6) is 11.5 Å². The number of para-hydroxylation sites is 1. The summed E-state index contributed by atoms with van der Waals surface area (Å²) < 4.78 is 5.62. The number of halogens is 1. The van der Waals surface area contributed by atoms with Gasteiger partial charge in [-0.1, -0.05) is 23.7 Å². The van der Waals surface area contributed by atoms with Crippen LogP contribution in [0.2, 0.25) is 5.02 Å². The largest absolute Gasteiger partial charge is 0.456 e. The quantitative estimate of drug-likeness (QED) is 0.907.